The molecule has 1 aliphatic rings. The van der Waals surface area contributed by atoms with Crippen molar-refractivity contribution >= 4 is 15.7 Å². The lowest BCUT2D eigenvalue weighted by Crippen LogP contribution is -2.49. The second-order valence-electron chi connectivity index (χ2n) is 7.45. The van der Waals surface area contributed by atoms with E-state index in [0.29, 0.717) is 44.8 Å². The Labute approximate surface area is 166 Å². The fourth-order valence-corrected chi connectivity index (χ4v) is 4.13. The number of piperazine rings is 1. The van der Waals surface area contributed by atoms with E-state index in [1.165, 1.54) is 6.26 Å². The predicted octanol–water partition coefficient (Wildman–Crippen LogP) is 1.35. The second-order valence-corrected chi connectivity index (χ2v) is 9.71. The monoisotopic (exact) mass is 404 g/mol. The molecule has 7 nitrogen and oxygen atoms in total. The summed E-state index contributed by atoms with van der Waals surface area (Å²) in [6.45, 7) is 7.57. The molecule has 0 unspecified atom stereocenters. The van der Waals surface area contributed by atoms with Crippen molar-refractivity contribution in [3.8, 4) is 0 Å². The maximum absolute atomic E-state index is 13.1. The molecule has 2 heterocycles. The highest BCUT2D eigenvalue weighted by molar-refractivity contribution is 7.90. The van der Waals surface area contributed by atoms with Crippen LogP contribution in [0.3, 0.4) is 0 Å². The van der Waals surface area contributed by atoms with Crippen LogP contribution < -0.4 is 0 Å². The Balaban J connectivity index is 1.65. The zero-order chi connectivity index (χ0) is 20.3. The largest absolute Gasteiger partial charge is 0.336 e. The van der Waals surface area contributed by atoms with Gasteiger partial charge in [-0.1, -0.05) is 30.3 Å². The smallest absolute Gasteiger partial charge is 0.257 e. The molecule has 1 aliphatic heterocycles. The van der Waals surface area contributed by atoms with Gasteiger partial charge in [0.25, 0.3) is 5.91 Å². The van der Waals surface area contributed by atoms with Gasteiger partial charge in [0.15, 0.2) is 0 Å². The first-order valence-corrected chi connectivity index (χ1v) is 11.6. The normalized spacial score (nSPS) is 15.8. The molecule has 0 spiro atoms. The van der Waals surface area contributed by atoms with Gasteiger partial charge in [-0.05, 0) is 19.4 Å². The van der Waals surface area contributed by atoms with E-state index in [1.54, 1.807) is 0 Å². The first-order chi connectivity index (χ1) is 13.2. The van der Waals surface area contributed by atoms with Crippen LogP contribution in [0.5, 0.6) is 0 Å². The van der Waals surface area contributed by atoms with Gasteiger partial charge >= 0.3 is 0 Å². The Morgan fingerprint density at radius 1 is 1.07 bits per heavy atom. The summed E-state index contributed by atoms with van der Waals surface area (Å²) in [5, 5.41) is 4.58. The average Bonchev–Trinajstić information content (AvgIpc) is 2.93. The Morgan fingerprint density at radius 2 is 1.71 bits per heavy atom. The molecule has 1 aromatic heterocycles. The molecule has 1 fully saturated rings. The van der Waals surface area contributed by atoms with Crippen LogP contribution in [0, 0.1) is 13.8 Å². The predicted molar refractivity (Wildman–Crippen MR) is 109 cm³/mol. The molecule has 0 aliphatic carbocycles. The second kappa shape index (κ2) is 8.45. The number of carbonyl (C=O) groups excluding carboxylic acids is 1. The number of amides is 1. The zero-order valence-corrected chi connectivity index (χ0v) is 17.6. The van der Waals surface area contributed by atoms with E-state index in [0.717, 1.165) is 17.0 Å². The number of benzene rings is 1. The van der Waals surface area contributed by atoms with Crippen molar-refractivity contribution in [2.75, 3.05) is 44.7 Å². The minimum absolute atomic E-state index is 0.0112. The fraction of sp³-hybridized carbons (Fsp3) is 0.500. The summed E-state index contributed by atoms with van der Waals surface area (Å²) in [7, 11) is -2.96. The fourth-order valence-electron chi connectivity index (χ4n) is 3.54. The highest BCUT2D eigenvalue weighted by atomic mass is 32.2. The summed E-state index contributed by atoms with van der Waals surface area (Å²) in [5.74, 6) is 0.169. The standard InChI is InChI=1S/C20H28N4O3S/c1-16-19(17(2)24(21-16)15-18-7-5-4-6-8-18)20(25)23-11-9-22(10-12-23)13-14-28(3,26)27/h4-8H,9-15H2,1-3H3. The van der Waals surface area contributed by atoms with E-state index < -0.39 is 9.84 Å². The summed E-state index contributed by atoms with van der Waals surface area (Å²) >= 11 is 0. The third-order valence-electron chi connectivity index (χ3n) is 5.21. The molecule has 8 heteroatoms. The summed E-state index contributed by atoms with van der Waals surface area (Å²) in [5.41, 5.74) is 3.45. The minimum Gasteiger partial charge on any atom is -0.336 e. The van der Waals surface area contributed by atoms with E-state index in [-0.39, 0.29) is 11.7 Å². The van der Waals surface area contributed by atoms with Crippen LogP contribution in [-0.2, 0) is 16.4 Å². The lowest BCUT2D eigenvalue weighted by molar-refractivity contribution is 0.0642. The molecule has 0 atom stereocenters. The zero-order valence-electron chi connectivity index (χ0n) is 16.8. The lowest BCUT2D eigenvalue weighted by Gasteiger charge is -2.34. The number of hydrogen-bond acceptors (Lipinski definition) is 5. The molecule has 0 saturated carbocycles. The van der Waals surface area contributed by atoms with Crippen LogP contribution in [0.1, 0.15) is 27.3 Å². The summed E-state index contributed by atoms with van der Waals surface area (Å²) in [4.78, 5) is 17.0. The van der Waals surface area contributed by atoms with Crippen molar-refractivity contribution in [1.82, 2.24) is 19.6 Å². The van der Waals surface area contributed by atoms with Gasteiger partial charge in [0, 0.05) is 44.7 Å². The molecule has 152 valence electrons. The van der Waals surface area contributed by atoms with Crippen LogP contribution in [0.15, 0.2) is 30.3 Å². The maximum atomic E-state index is 13.1. The molecule has 1 amide bonds. The number of hydrogen-bond donors (Lipinski definition) is 0. The van der Waals surface area contributed by atoms with E-state index in [9.17, 15) is 13.2 Å². The minimum atomic E-state index is -2.96. The first-order valence-electron chi connectivity index (χ1n) is 9.52. The number of sulfone groups is 1. The molecule has 28 heavy (non-hydrogen) atoms. The maximum Gasteiger partial charge on any atom is 0.257 e. The highest BCUT2D eigenvalue weighted by Crippen LogP contribution is 2.18. The molecular weight excluding hydrogens is 376 g/mol. The van der Waals surface area contributed by atoms with E-state index >= 15 is 0 Å². The molecular formula is C20H28N4O3S. The van der Waals surface area contributed by atoms with Gasteiger partial charge in [-0.15, -0.1) is 0 Å². The van der Waals surface area contributed by atoms with Crippen LogP contribution in [0.2, 0.25) is 0 Å². The summed E-state index contributed by atoms with van der Waals surface area (Å²) in [6, 6.07) is 10.1. The Morgan fingerprint density at radius 3 is 2.32 bits per heavy atom. The molecule has 1 aromatic carbocycles. The lowest BCUT2D eigenvalue weighted by atomic mass is 10.1. The quantitative estimate of drug-likeness (QED) is 0.727. The Bertz CT molecular complexity index is 930. The van der Waals surface area contributed by atoms with Crippen molar-refractivity contribution in [3.63, 3.8) is 0 Å². The number of aromatic nitrogens is 2. The number of aryl methyl sites for hydroxylation is 1. The van der Waals surface area contributed by atoms with Crippen molar-refractivity contribution in [2.45, 2.75) is 20.4 Å². The molecule has 0 bridgehead atoms. The van der Waals surface area contributed by atoms with Crippen molar-refractivity contribution in [1.29, 1.82) is 0 Å². The first kappa shape index (κ1) is 20.5. The van der Waals surface area contributed by atoms with Gasteiger partial charge in [-0.3, -0.25) is 14.4 Å². The van der Waals surface area contributed by atoms with E-state index in [2.05, 4.69) is 10.00 Å². The van der Waals surface area contributed by atoms with Gasteiger partial charge in [0.1, 0.15) is 9.84 Å². The molecule has 3 rings (SSSR count). The van der Waals surface area contributed by atoms with Crippen molar-refractivity contribution in [3.05, 3.63) is 52.8 Å². The van der Waals surface area contributed by atoms with Crippen molar-refractivity contribution in [2.24, 2.45) is 0 Å². The van der Waals surface area contributed by atoms with Gasteiger partial charge in [0.2, 0.25) is 0 Å². The van der Waals surface area contributed by atoms with Crippen LogP contribution in [0.4, 0.5) is 0 Å². The number of carbonyl (C=O) groups is 1. The average molecular weight is 405 g/mol. The van der Waals surface area contributed by atoms with Gasteiger partial charge in [-0.25, -0.2) is 8.42 Å². The topological polar surface area (TPSA) is 75.5 Å². The molecule has 1 saturated heterocycles. The molecule has 0 radical (unpaired) electrons. The SMILES string of the molecule is Cc1nn(Cc2ccccc2)c(C)c1C(=O)N1CCN(CCS(C)(=O)=O)CC1. The Hall–Kier alpha value is -2.19. The van der Waals surface area contributed by atoms with Crippen molar-refractivity contribution < 1.29 is 13.2 Å². The van der Waals surface area contributed by atoms with E-state index in [4.69, 9.17) is 0 Å². The third kappa shape index (κ3) is 4.99. The highest BCUT2D eigenvalue weighted by Gasteiger charge is 2.27. The number of nitrogens with zero attached hydrogens (tertiary/aromatic N) is 4. The third-order valence-corrected chi connectivity index (χ3v) is 6.13. The van der Waals surface area contributed by atoms with E-state index in [1.807, 2.05) is 53.8 Å². The summed E-state index contributed by atoms with van der Waals surface area (Å²) < 4.78 is 24.6. The van der Waals surface area contributed by atoms with Gasteiger partial charge in [0.05, 0.1) is 23.6 Å². The van der Waals surface area contributed by atoms with Crippen LogP contribution in [-0.4, -0.2) is 78.6 Å². The van der Waals surface area contributed by atoms with Gasteiger partial charge < -0.3 is 4.90 Å². The molecule has 0 N–H and O–H groups in total. The molecule has 2 aromatic rings. The van der Waals surface area contributed by atoms with Crippen LogP contribution in [0.25, 0.3) is 0 Å². The van der Waals surface area contributed by atoms with Crippen LogP contribution >= 0.6 is 0 Å². The Kier molecular flexibility index (Phi) is 6.20. The van der Waals surface area contributed by atoms with Gasteiger partial charge in [-0.2, -0.15) is 5.10 Å². The number of rotatable bonds is 6. The summed E-state index contributed by atoms with van der Waals surface area (Å²) in [6.07, 6.45) is 1.26.